The molecule has 8 nitrogen and oxygen atoms in total. The third-order valence-corrected chi connectivity index (χ3v) is 10.1. The summed E-state index contributed by atoms with van der Waals surface area (Å²) in [6.45, 7) is 4.05. The Bertz CT molecular complexity index is 1660. The largest absolute Gasteiger partial charge is 0.455 e. The van der Waals surface area contributed by atoms with E-state index in [1.54, 1.807) is 70.5 Å². The zero-order chi connectivity index (χ0) is 31.1. The number of anilines is 2. The lowest BCUT2D eigenvalue weighted by Gasteiger charge is -2.37. The second-order valence-corrected chi connectivity index (χ2v) is 12.5. The van der Waals surface area contributed by atoms with Crippen molar-refractivity contribution in [3.05, 3.63) is 108 Å². The molecule has 2 amide bonds. The van der Waals surface area contributed by atoms with Crippen LogP contribution in [0.15, 0.2) is 94.7 Å². The molecule has 0 radical (unpaired) electrons. The Kier molecular flexibility index (Phi) is 7.70. The molecule has 2 fully saturated rings. The molecule has 7 rings (SSSR count). The van der Waals surface area contributed by atoms with Gasteiger partial charge in [0.1, 0.15) is 23.1 Å². The van der Waals surface area contributed by atoms with E-state index in [1.807, 2.05) is 0 Å². The molecule has 0 aliphatic carbocycles. The predicted octanol–water partition coefficient (Wildman–Crippen LogP) is 5.16. The summed E-state index contributed by atoms with van der Waals surface area (Å²) in [5, 5.41) is 0. The molecule has 0 bridgehead atoms. The summed E-state index contributed by atoms with van der Waals surface area (Å²) in [5.41, 5.74) is 2.34. The number of hydrogen-bond donors (Lipinski definition) is 0. The molecular weight excluding hydrogens is 598 g/mol. The van der Waals surface area contributed by atoms with Crippen molar-refractivity contribution >= 4 is 34.0 Å². The van der Waals surface area contributed by atoms with Crippen molar-refractivity contribution in [2.75, 3.05) is 62.2 Å². The molecule has 0 aromatic heterocycles. The molecule has 0 spiro atoms. The van der Waals surface area contributed by atoms with E-state index < -0.39 is 10.8 Å². The summed E-state index contributed by atoms with van der Waals surface area (Å²) < 4.78 is 47.2. The smallest absolute Gasteiger partial charge is 0.255 e. The number of hydrogen-bond acceptors (Lipinski definition) is 6. The third kappa shape index (κ3) is 5.52. The molecule has 4 aromatic rings. The molecule has 230 valence electrons. The van der Waals surface area contributed by atoms with Crippen molar-refractivity contribution in [3.63, 3.8) is 0 Å². The number of ether oxygens (including phenoxy) is 1. The number of nitrogens with zero attached hydrogens (tertiary/aromatic N) is 4. The fourth-order valence-electron chi connectivity index (χ4n) is 6.11. The third-order valence-electron chi connectivity index (χ3n) is 8.53. The van der Waals surface area contributed by atoms with E-state index in [0.717, 1.165) is 11.4 Å². The Morgan fingerprint density at radius 3 is 1.31 bits per heavy atom. The van der Waals surface area contributed by atoms with Crippen LogP contribution in [0, 0.1) is 11.6 Å². The van der Waals surface area contributed by atoms with Gasteiger partial charge < -0.3 is 24.3 Å². The van der Waals surface area contributed by atoms with Gasteiger partial charge in [-0.2, -0.15) is 0 Å². The Morgan fingerprint density at radius 2 is 0.933 bits per heavy atom. The fourth-order valence-corrected chi connectivity index (χ4v) is 7.61. The maximum Gasteiger partial charge on any atom is 0.255 e. The second kappa shape index (κ2) is 12.0. The number of carbonyl (C=O) groups excluding carboxylic acids is 2. The van der Waals surface area contributed by atoms with E-state index in [0.29, 0.717) is 63.9 Å². The molecule has 4 aromatic carbocycles. The van der Waals surface area contributed by atoms with Gasteiger partial charge in [0.2, 0.25) is 0 Å². The lowest BCUT2D eigenvalue weighted by atomic mass is 10.1. The quantitative estimate of drug-likeness (QED) is 0.274. The predicted molar refractivity (Wildman–Crippen MR) is 167 cm³/mol. The molecule has 2 saturated heterocycles. The normalized spacial score (nSPS) is 16.6. The van der Waals surface area contributed by atoms with Gasteiger partial charge in [-0.1, -0.05) is 12.1 Å². The zero-order valence-corrected chi connectivity index (χ0v) is 25.1. The van der Waals surface area contributed by atoms with Crippen LogP contribution in [0.3, 0.4) is 0 Å². The van der Waals surface area contributed by atoms with Crippen molar-refractivity contribution in [1.82, 2.24) is 9.80 Å². The van der Waals surface area contributed by atoms with E-state index in [1.165, 1.54) is 24.3 Å². The Morgan fingerprint density at radius 1 is 0.556 bits per heavy atom. The van der Waals surface area contributed by atoms with Crippen LogP contribution in [0.5, 0.6) is 11.5 Å². The molecule has 0 saturated carbocycles. The highest BCUT2D eigenvalue weighted by molar-refractivity contribution is 7.85. The zero-order valence-electron chi connectivity index (χ0n) is 24.3. The highest BCUT2D eigenvalue weighted by Crippen LogP contribution is 2.44. The second-order valence-electron chi connectivity index (χ2n) is 11.1. The summed E-state index contributed by atoms with van der Waals surface area (Å²) in [5.74, 6) is -0.457. The van der Waals surface area contributed by atoms with E-state index >= 15 is 0 Å². The van der Waals surface area contributed by atoms with Crippen LogP contribution >= 0.6 is 0 Å². The number of piperazine rings is 2. The minimum atomic E-state index is -1.85. The maximum absolute atomic E-state index is 14.3. The van der Waals surface area contributed by atoms with Crippen molar-refractivity contribution in [2.45, 2.75) is 9.79 Å². The average molecular weight is 629 g/mol. The fraction of sp³-hybridized carbons (Fsp3) is 0.235. The molecule has 3 aliphatic heterocycles. The summed E-state index contributed by atoms with van der Waals surface area (Å²) in [6, 6.07) is 22.7. The number of carbonyl (C=O) groups is 2. The SMILES string of the molecule is O=C(c1cccc2c1S(=O)c1c(cccc1C(=O)N1CCN(c3ccc(F)cc3)CC1)O2)N1CCN(c2ccc(F)cc2)CC1. The summed E-state index contributed by atoms with van der Waals surface area (Å²) in [4.78, 5) is 35.8. The van der Waals surface area contributed by atoms with Gasteiger partial charge >= 0.3 is 0 Å². The van der Waals surface area contributed by atoms with Crippen LogP contribution in [0.4, 0.5) is 20.2 Å². The van der Waals surface area contributed by atoms with Gasteiger partial charge in [-0.15, -0.1) is 0 Å². The highest BCUT2D eigenvalue weighted by atomic mass is 32.2. The number of amides is 2. The van der Waals surface area contributed by atoms with Crippen molar-refractivity contribution < 1.29 is 27.3 Å². The Balaban J connectivity index is 1.09. The molecule has 3 heterocycles. The van der Waals surface area contributed by atoms with Gasteiger partial charge in [0.05, 0.1) is 31.7 Å². The van der Waals surface area contributed by atoms with Gasteiger partial charge in [-0.05, 0) is 72.8 Å². The minimum absolute atomic E-state index is 0.258. The van der Waals surface area contributed by atoms with Crippen LogP contribution in [0.1, 0.15) is 20.7 Å². The van der Waals surface area contributed by atoms with Gasteiger partial charge in [0, 0.05) is 63.7 Å². The molecular formula is C34H30F2N4O4S. The van der Waals surface area contributed by atoms with E-state index in [9.17, 15) is 22.6 Å². The molecule has 0 atom stereocenters. The summed E-state index contributed by atoms with van der Waals surface area (Å²) >= 11 is 0. The van der Waals surface area contributed by atoms with Crippen molar-refractivity contribution in [3.8, 4) is 11.5 Å². The minimum Gasteiger partial charge on any atom is -0.455 e. The van der Waals surface area contributed by atoms with Crippen LogP contribution in [0.25, 0.3) is 0 Å². The van der Waals surface area contributed by atoms with Gasteiger partial charge in [-0.25, -0.2) is 13.0 Å². The molecule has 11 heteroatoms. The molecule has 0 N–H and O–H groups in total. The van der Waals surface area contributed by atoms with Gasteiger partial charge in [0.15, 0.2) is 0 Å². The van der Waals surface area contributed by atoms with Gasteiger partial charge in [0.25, 0.3) is 11.8 Å². The lowest BCUT2D eigenvalue weighted by Crippen LogP contribution is -2.49. The lowest BCUT2D eigenvalue weighted by molar-refractivity contribution is 0.0737. The van der Waals surface area contributed by atoms with Crippen LogP contribution in [-0.4, -0.2) is 78.2 Å². The monoisotopic (exact) mass is 628 g/mol. The van der Waals surface area contributed by atoms with Crippen LogP contribution < -0.4 is 14.5 Å². The van der Waals surface area contributed by atoms with Crippen molar-refractivity contribution in [1.29, 1.82) is 0 Å². The average Bonchev–Trinajstić information content (AvgIpc) is 3.08. The molecule has 45 heavy (non-hydrogen) atoms. The molecule has 3 aliphatic rings. The number of fused-ring (bicyclic) bond motifs is 2. The first-order chi connectivity index (χ1) is 21.9. The number of rotatable bonds is 4. The topological polar surface area (TPSA) is 73.4 Å². The standard InChI is InChI=1S/C34H30F2N4O4S/c35-23-7-11-25(12-8-23)37-15-19-39(20-16-37)33(41)27-3-1-5-29-31(27)45(43)32-28(4-2-6-30(32)44-29)34(42)40-21-17-38(18-22-40)26-13-9-24(36)10-14-26/h1-14H,15-22H2. The molecule has 0 unspecified atom stereocenters. The van der Waals surface area contributed by atoms with Crippen LogP contribution in [-0.2, 0) is 10.8 Å². The first-order valence-corrected chi connectivity index (χ1v) is 16.0. The summed E-state index contributed by atoms with van der Waals surface area (Å²) in [6.07, 6.45) is 0. The Labute approximate surface area is 261 Å². The van der Waals surface area contributed by atoms with E-state index in [2.05, 4.69) is 9.80 Å². The maximum atomic E-state index is 14.3. The van der Waals surface area contributed by atoms with Crippen LogP contribution in [0.2, 0.25) is 0 Å². The first kappa shape index (κ1) is 29.0. The van der Waals surface area contributed by atoms with E-state index in [-0.39, 0.29) is 44.4 Å². The number of halogens is 2. The highest BCUT2D eigenvalue weighted by Gasteiger charge is 2.35. The van der Waals surface area contributed by atoms with E-state index in [4.69, 9.17) is 4.74 Å². The number of benzene rings is 4. The Hall–Kier alpha value is -4.77. The first-order valence-electron chi connectivity index (χ1n) is 14.8. The van der Waals surface area contributed by atoms with Crippen molar-refractivity contribution in [2.24, 2.45) is 0 Å². The summed E-state index contributed by atoms with van der Waals surface area (Å²) in [7, 11) is -1.85. The van der Waals surface area contributed by atoms with Gasteiger partial charge in [-0.3, -0.25) is 9.59 Å².